The van der Waals surface area contributed by atoms with E-state index in [1.165, 1.54) is 0 Å². The normalized spacial score (nSPS) is 24.2. The topological polar surface area (TPSA) is 148 Å². The van der Waals surface area contributed by atoms with Crippen molar-refractivity contribution in [3.05, 3.63) is 62.8 Å². The number of alkyl halides is 1. The number of nitrogens with two attached hydrogens (primary N) is 1. The number of imidazole rings is 1. The molecule has 5 N–H and O–H groups in total. The summed E-state index contributed by atoms with van der Waals surface area (Å²) in [4.78, 5) is 32.0. The first-order valence-corrected chi connectivity index (χ1v) is 9.23. The van der Waals surface area contributed by atoms with Crippen molar-refractivity contribution in [3.63, 3.8) is 0 Å². The van der Waals surface area contributed by atoms with Gasteiger partial charge in [0.25, 0.3) is 5.56 Å². The van der Waals surface area contributed by atoms with Gasteiger partial charge < -0.3 is 20.7 Å². The highest BCUT2D eigenvalue weighted by molar-refractivity contribution is 5.72. The number of nitrogens with one attached hydrogen (secondary N) is 1. The second kappa shape index (κ2) is 7.86. The molecule has 11 heteroatoms. The number of benzene rings is 1. The van der Waals surface area contributed by atoms with Crippen LogP contribution < -0.4 is 17.0 Å². The lowest BCUT2D eigenvalue weighted by atomic mass is 10.1. The Hall–Kier alpha value is -3.28. The van der Waals surface area contributed by atoms with Gasteiger partial charge in [-0.25, -0.2) is 13.8 Å². The van der Waals surface area contributed by atoms with Gasteiger partial charge in [0, 0.05) is 6.54 Å². The Morgan fingerprint density at radius 3 is 2.70 bits per heavy atom. The lowest BCUT2D eigenvalue weighted by Gasteiger charge is -2.15. The molecule has 0 radical (unpaired) electrons. The summed E-state index contributed by atoms with van der Waals surface area (Å²) in [6, 6.07) is 9.33. The van der Waals surface area contributed by atoms with Crippen LogP contribution in [-0.4, -0.2) is 54.3 Å². The maximum atomic E-state index is 14.2. The van der Waals surface area contributed by atoms with Gasteiger partial charge in [-0.1, -0.05) is 42.5 Å². The fourth-order valence-electron chi connectivity index (χ4n) is 3.53. The monoisotopic (exact) mass is 417 g/mol. The number of aliphatic hydroxyl groups is 2. The van der Waals surface area contributed by atoms with E-state index in [0.717, 1.165) is 14.7 Å². The van der Waals surface area contributed by atoms with Gasteiger partial charge in [-0.15, -0.1) is 0 Å². The van der Waals surface area contributed by atoms with Crippen molar-refractivity contribution in [2.75, 3.05) is 12.3 Å². The number of rotatable bonds is 5. The summed E-state index contributed by atoms with van der Waals surface area (Å²) >= 11 is 0. The molecule has 4 rings (SSSR count). The Labute approximate surface area is 168 Å². The number of aromatic amines is 1. The maximum absolute atomic E-state index is 14.2. The molecule has 1 aliphatic heterocycles. The predicted molar refractivity (Wildman–Crippen MR) is 106 cm³/mol. The van der Waals surface area contributed by atoms with Gasteiger partial charge in [-0.3, -0.25) is 14.3 Å². The van der Waals surface area contributed by atoms with Gasteiger partial charge in [-0.2, -0.15) is 4.98 Å². The molecule has 1 aliphatic rings. The number of nitrogen functional groups attached to an aromatic ring is 1. The van der Waals surface area contributed by atoms with Crippen molar-refractivity contribution in [2.45, 2.75) is 31.2 Å². The molecule has 3 heterocycles. The molecule has 1 saturated heterocycles. The van der Waals surface area contributed by atoms with E-state index < -0.39 is 42.5 Å². The standard InChI is InChI=1S/C19H20FN5O5/c20-12-11(9-26)30-17(14(12)27)25-15-13(16(28)23-18(21)22-15)24(19(25)29)8-4-7-10-5-2-1-3-6-10/h1-7,11-12,14,17,26-27H,8-9H2,(H3,21,22,23,28)/b7-4+/t11-,12-,14-,17-/m1/s1. The maximum Gasteiger partial charge on any atom is 0.333 e. The summed E-state index contributed by atoms with van der Waals surface area (Å²) in [5, 5.41) is 19.5. The summed E-state index contributed by atoms with van der Waals surface area (Å²) < 4.78 is 21.6. The molecule has 2 aromatic heterocycles. The Morgan fingerprint density at radius 2 is 2.03 bits per heavy atom. The summed E-state index contributed by atoms with van der Waals surface area (Å²) in [6.45, 7) is -0.671. The number of halogens is 1. The van der Waals surface area contributed by atoms with E-state index in [0.29, 0.717) is 0 Å². The zero-order chi connectivity index (χ0) is 21.4. The Balaban J connectivity index is 1.82. The third kappa shape index (κ3) is 3.32. The minimum absolute atomic E-state index is 0.0111. The van der Waals surface area contributed by atoms with Crippen LogP contribution in [0, 0.1) is 0 Å². The van der Waals surface area contributed by atoms with Crippen molar-refractivity contribution in [1.29, 1.82) is 0 Å². The zero-order valence-corrected chi connectivity index (χ0v) is 15.7. The SMILES string of the molecule is Nc1nc2c(c(=O)[nH]1)n(C/C=C/c1ccccc1)c(=O)n2[C@@H]1O[C@H](CO)[C@@H](F)[C@H]1O. The summed E-state index contributed by atoms with van der Waals surface area (Å²) in [7, 11) is 0. The molecule has 30 heavy (non-hydrogen) atoms. The van der Waals surface area contributed by atoms with Crippen molar-refractivity contribution in [1.82, 2.24) is 19.1 Å². The van der Waals surface area contributed by atoms with Crippen LogP contribution in [0.25, 0.3) is 17.2 Å². The van der Waals surface area contributed by atoms with Crippen molar-refractivity contribution >= 4 is 23.2 Å². The minimum Gasteiger partial charge on any atom is -0.394 e. The number of fused-ring (bicyclic) bond motifs is 1. The van der Waals surface area contributed by atoms with E-state index in [1.54, 1.807) is 12.2 Å². The number of aromatic nitrogens is 4. The summed E-state index contributed by atoms with van der Waals surface area (Å²) in [6.07, 6.45) is -2.98. The molecule has 1 aromatic carbocycles. The van der Waals surface area contributed by atoms with E-state index in [-0.39, 0.29) is 23.7 Å². The number of aliphatic hydroxyl groups excluding tert-OH is 2. The van der Waals surface area contributed by atoms with E-state index in [2.05, 4.69) is 9.97 Å². The highest BCUT2D eigenvalue weighted by Crippen LogP contribution is 2.32. The van der Waals surface area contributed by atoms with E-state index in [4.69, 9.17) is 10.5 Å². The molecule has 0 aliphatic carbocycles. The average Bonchev–Trinajstić information content (AvgIpc) is 3.16. The molecular weight excluding hydrogens is 397 g/mol. The lowest BCUT2D eigenvalue weighted by Crippen LogP contribution is -2.34. The van der Waals surface area contributed by atoms with Gasteiger partial charge in [0.1, 0.15) is 12.2 Å². The zero-order valence-electron chi connectivity index (χ0n) is 15.7. The largest absolute Gasteiger partial charge is 0.394 e. The van der Waals surface area contributed by atoms with Crippen LogP contribution in [0.15, 0.2) is 46.0 Å². The van der Waals surface area contributed by atoms with Crippen molar-refractivity contribution in [2.24, 2.45) is 0 Å². The van der Waals surface area contributed by atoms with Gasteiger partial charge in [0.15, 0.2) is 23.6 Å². The number of allylic oxidation sites excluding steroid dienone is 1. The lowest BCUT2D eigenvalue weighted by molar-refractivity contribution is -0.0513. The van der Waals surface area contributed by atoms with Crippen molar-refractivity contribution < 1.29 is 19.3 Å². The molecular formula is C19H20FN5O5. The highest BCUT2D eigenvalue weighted by atomic mass is 19.1. The first kappa shape index (κ1) is 20.0. The third-order valence-electron chi connectivity index (χ3n) is 4.95. The molecule has 0 spiro atoms. The molecule has 10 nitrogen and oxygen atoms in total. The first-order valence-electron chi connectivity index (χ1n) is 9.23. The Kier molecular flexibility index (Phi) is 5.24. The van der Waals surface area contributed by atoms with Crippen LogP contribution in [0.5, 0.6) is 0 Å². The van der Waals surface area contributed by atoms with Crippen LogP contribution in [0.1, 0.15) is 11.8 Å². The smallest absolute Gasteiger partial charge is 0.333 e. The second-order valence-corrected chi connectivity index (χ2v) is 6.88. The fourth-order valence-corrected chi connectivity index (χ4v) is 3.53. The Bertz CT molecular complexity index is 1200. The van der Waals surface area contributed by atoms with E-state index in [9.17, 15) is 24.2 Å². The highest BCUT2D eigenvalue weighted by Gasteiger charge is 2.46. The molecule has 0 unspecified atom stereocenters. The summed E-state index contributed by atoms with van der Waals surface area (Å²) in [5.74, 6) is -0.249. The summed E-state index contributed by atoms with van der Waals surface area (Å²) in [5.41, 5.74) is 4.88. The van der Waals surface area contributed by atoms with Crippen LogP contribution in [-0.2, 0) is 11.3 Å². The van der Waals surface area contributed by atoms with Crippen LogP contribution >= 0.6 is 0 Å². The van der Waals surface area contributed by atoms with Gasteiger partial charge >= 0.3 is 5.69 Å². The number of ether oxygens (including phenoxy) is 1. The predicted octanol–water partition coefficient (Wildman–Crippen LogP) is -0.229. The van der Waals surface area contributed by atoms with Crippen LogP contribution in [0.3, 0.4) is 0 Å². The van der Waals surface area contributed by atoms with Gasteiger partial charge in [0.2, 0.25) is 5.95 Å². The van der Waals surface area contributed by atoms with Crippen LogP contribution in [0.2, 0.25) is 0 Å². The second-order valence-electron chi connectivity index (χ2n) is 6.88. The molecule has 0 saturated carbocycles. The van der Waals surface area contributed by atoms with Crippen LogP contribution in [0.4, 0.5) is 10.3 Å². The number of H-pyrrole nitrogens is 1. The fraction of sp³-hybridized carbons (Fsp3) is 0.316. The molecule has 4 atom stereocenters. The van der Waals surface area contributed by atoms with Gasteiger partial charge in [0.05, 0.1) is 6.61 Å². The Morgan fingerprint density at radius 1 is 1.30 bits per heavy atom. The van der Waals surface area contributed by atoms with Crippen molar-refractivity contribution in [3.8, 4) is 0 Å². The number of hydrogen-bond donors (Lipinski definition) is 4. The molecule has 0 amide bonds. The molecule has 3 aromatic rings. The van der Waals surface area contributed by atoms with E-state index in [1.807, 2.05) is 30.3 Å². The number of hydrogen-bond acceptors (Lipinski definition) is 7. The number of nitrogens with zero attached hydrogens (tertiary/aromatic N) is 3. The minimum atomic E-state index is -1.91. The third-order valence-corrected chi connectivity index (χ3v) is 4.95. The average molecular weight is 417 g/mol. The quantitative estimate of drug-likeness (QED) is 0.448. The molecule has 1 fully saturated rings. The molecule has 0 bridgehead atoms. The van der Waals surface area contributed by atoms with E-state index >= 15 is 0 Å². The number of anilines is 1. The first-order chi connectivity index (χ1) is 14.4. The molecule has 158 valence electrons. The van der Waals surface area contributed by atoms with Gasteiger partial charge in [-0.05, 0) is 5.56 Å².